The van der Waals surface area contributed by atoms with Crippen LogP contribution in [0.2, 0.25) is 0 Å². The molecular weight excluding hydrogens is 284 g/mol. The smallest absolute Gasteiger partial charge is 0.185 e. The second-order valence-electron chi connectivity index (χ2n) is 5.41. The van der Waals surface area contributed by atoms with Crippen molar-refractivity contribution in [3.8, 4) is 0 Å². The fraction of sp³-hybridized carbons (Fsp3) is 0.571. The highest BCUT2D eigenvalue weighted by Crippen LogP contribution is 2.34. The first kappa shape index (κ1) is 15.4. The van der Waals surface area contributed by atoms with Crippen molar-refractivity contribution >= 4 is 9.84 Å². The monoisotopic (exact) mass is 303 g/mol. The highest BCUT2D eigenvalue weighted by atomic mass is 32.2. The molecule has 2 N–H and O–H groups in total. The summed E-state index contributed by atoms with van der Waals surface area (Å²) in [7, 11) is -3.95. The van der Waals surface area contributed by atoms with E-state index in [9.17, 15) is 17.2 Å². The Labute approximate surface area is 118 Å². The maximum atomic E-state index is 13.7. The Morgan fingerprint density at radius 2 is 2.00 bits per heavy atom. The van der Waals surface area contributed by atoms with Gasteiger partial charge < -0.3 is 5.73 Å². The first-order valence-corrected chi connectivity index (χ1v) is 8.35. The summed E-state index contributed by atoms with van der Waals surface area (Å²) in [5.41, 5.74) is 5.91. The van der Waals surface area contributed by atoms with Gasteiger partial charge >= 0.3 is 0 Å². The van der Waals surface area contributed by atoms with Crippen molar-refractivity contribution in [1.82, 2.24) is 0 Å². The number of nitrogens with two attached hydrogens (primary N) is 1. The summed E-state index contributed by atoms with van der Waals surface area (Å²) >= 11 is 0. The molecule has 1 fully saturated rings. The van der Waals surface area contributed by atoms with Crippen molar-refractivity contribution in [3.05, 3.63) is 29.8 Å². The van der Waals surface area contributed by atoms with Crippen molar-refractivity contribution in [1.29, 1.82) is 0 Å². The van der Waals surface area contributed by atoms with Crippen LogP contribution in [0.5, 0.6) is 0 Å². The van der Waals surface area contributed by atoms with Gasteiger partial charge in [-0.25, -0.2) is 17.2 Å². The third-order valence-electron chi connectivity index (χ3n) is 4.13. The number of benzene rings is 1. The van der Waals surface area contributed by atoms with Gasteiger partial charge in [-0.1, -0.05) is 13.3 Å². The molecule has 1 saturated carbocycles. The molecule has 20 heavy (non-hydrogen) atoms. The van der Waals surface area contributed by atoms with E-state index >= 15 is 0 Å². The average molecular weight is 303 g/mol. The van der Waals surface area contributed by atoms with Gasteiger partial charge in [0.25, 0.3) is 0 Å². The second kappa shape index (κ2) is 5.77. The van der Waals surface area contributed by atoms with Crippen LogP contribution in [0.4, 0.5) is 8.78 Å². The van der Waals surface area contributed by atoms with Crippen LogP contribution in [0, 0.1) is 17.6 Å². The van der Waals surface area contributed by atoms with Gasteiger partial charge in [-0.2, -0.15) is 0 Å². The Kier molecular flexibility index (Phi) is 4.44. The van der Waals surface area contributed by atoms with Crippen LogP contribution in [-0.2, 0) is 9.84 Å². The van der Waals surface area contributed by atoms with Crippen LogP contribution in [0.25, 0.3) is 0 Å². The van der Waals surface area contributed by atoms with Crippen LogP contribution in [0.1, 0.15) is 32.6 Å². The molecule has 3 atom stereocenters. The third kappa shape index (κ3) is 2.86. The summed E-state index contributed by atoms with van der Waals surface area (Å²) in [6, 6.07) is 1.97. The summed E-state index contributed by atoms with van der Waals surface area (Å²) in [4.78, 5) is -0.574. The summed E-state index contributed by atoms with van der Waals surface area (Å²) < 4.78 is 52.1. The molecule has 0 radical (unpaired) electrons. The normalized spacial score (nSPS) is 27.5. The number of hydrogen-bond donors (Lipinski definition) is 1. The van der Waals surface area contributed by atoms with Gasteiger partial charge in [0, 0.05) is 6.04 Å². The van der Waals surface area contributed by atoms with E-state index in [1.807, 2.05) is 6.92 Å². The molecule has 1 aliphatic carbocycles. The number of sulfone groups is 1. The van der Waals surface area contributed by atoms with Crippen molar-refractivity contribution in [2.45, 2.75) is 48.8 Å². The summed E-state index contributed by atoms with van der Waals surface area (Å²) in [5, 5.41) is -0.836. The van der Waals surface area contributed by atoms with Crippen molar-refractivity contribution < 1.29 is 17.2 Å². The predicted octanol–water partition coefficient (Wildman–Crippen LogP) is 2.64. The molecule has 0 heterocycles. The topological polar surface area (TPSA) is 60.2 Å². The minimum absolute atomic E-state index is 0.270. The van der Waals surface area contributed by atoms with Gasteiger partial charge in [0.15, 0.2) is 9.84 Å². The molecule has 112 valence electrons. The third-order valence-corrected chi connectivity index (χ3v) is 6.39. The zero-order valence-corrected chi connectivity index (χ0v) is 12.2. The molecule has 0 bridgehead atoms. The lowest BCUT2D eigenvalue weighted by Gasteiger charge is -2.33. The summed E-state index contributed by atoms with van der Waals surface area (Å²) in [5.74, 6) is -1.41. The molecule has 1 aromatic carbocycles. The van der Waals surface area contributed by atoms with E-state index in [2.05, 4.69) is 0 Å². The Hall–Kier alpha value is -1.01. The fourth-order valence-corrected chi connectivity index (χ4v) is 4.89. The summed E-state index contributed by atoms with van der Waals surface area (Å²) in [6.07, 6.45) is 2.76. The van der Waals surface area contributed by atoms with Gasteiger partial charge in [-0.3, -0.25) is 0 Å². The first-order chi connectivity index (χ1) is 9.36. The number of halogens is 2. The van der Waals surface area contributed by atoms with Crippen LogP contribution < -0.4 is 5.73 Å². The maximum Gasteiger partial charge on any atom is 0.185 e. The van der Waals surface area contributed by atoms with Crippen molar-refractivity contribution in [3.63, 3.8) is 0 Å². The highest BCUT2D eigenvalue weighted by molar-refractivity contribution is 7.92. The minimum Gasteiger partial charge on any atom is -0.327 e. The zero-order valence-electron chi connectivity index (χ0n) is 11.4. The molecule has 0 aliphatic heterocycles. The Morgan fingerprint density at radius 1 is 1.30 bits per heavy atom. The van der Waals surface area contributed by atoms with Gasteiger partial charge in [0.1, 0.15) is 16.5 Å². The maximum absolute atomic E-state index is 13.7. The standard InChI is InChI=1S/C14H19F2NO2S/c1-2-9-3-6-12(17)14(7-9)20(18,19)13-8-10(15)4-5-11(13)16/h4-5,8-9,12,14H,2-3,6-7,17H2,1H3. The molecule has 3 unspecified atom stereocenters. The van der Waals surface area contributed by atoms with Gasteiger partial charge in [0.05, 0.1) is 5.25 Å². The lowest BCUT2D eigenvalue weighted by Crippen LogP contribution is -2.45. The van der Waals surface area contributed by atoms with Gasteiger partial charge in [-0.05, 0) is 43.4 Å². The molecule has 1 aromatic rings. The van der Waals surface area contributed by atoms with E-state index < -0.39 is 37.7 Å². The van der Waals surface area contributed by atoms with Crippen LogP contribution in [0.15, 0.2) is 23.1 Å². The number of hydrogen-bond acceptors (Lipinski definition) is 3. The Balaban J connectivity index is 2.40. The van der Waals surface area contributed by atoms with Crippen LogP contribution in [-0.4, -0.2) is 19.7 Å². The Bertz CT molecular complexity index is 589. The molecule has 2 rings (SSSR count). The van der Waals surface area contributed by atoms with Crippen LogP contribution in [0.3, 0.4) is 0 Å². The molecule has 6 heteroatoms. The molecule has 0 saturated heterocycles. The van der Waals surface area contributed by atoms with Crippen LogP contribution >= 0.6 is 0 Å². The zero-order chi connectivity index (χ0) is 14.9. The highest BCUT2D eigenvalue weighted by Gasteiger charge is 2.39. The Morgan fingerprint density at radius 3 is 2.65 bits per heavy atom. The van der Waals surface area contributed by atoms with E-state index in [0.29, 0.717) is 12.8 Å². The van der Waals surface area contributed by atoms with Crippen molar-refractivity contribution in [2.24, 2.45) is 11.7 Å². The quantitative estimate of drug-likeness (QED) is 0.934. The number of rotatable bonds is 3. The second-order valence-corrected chi connectivity index (χ2v) is 7.54. The average Bonchev–Trinajstić information content (AvgIpc) is 2.41. The largest absolute Gasteiger partial charge is 0.327 e. The van der Waals surface area contributed by atoms with E-state index in [1.54, 1.807) is 0 Å². The van der Waals surface area contributed by atoms with E-state index in [4.69, 9.17) is 5.73 Å². The van der Waals surface area contributed by atoms with Gasteiger partial charge in [-0.15, -0.1) is 0 Å². The van der Waals surface area contributed by atoms with E-state index in [1.165, 1.54) is 0 Å². The minimum atomic E-state index is -3.95. The van der Waals surface area contributed by atoms with E-state index in [0.717, 1.165) is 31.0 Å². The molecule has 1 aliphatic rings. The van der Waals surface area contributed by atoms with Gasteiger partial charge in [0.2, 0.25) is 0 Å². The van der Waals surface area contributed by atoms with Crippen molar-refractivity contribution in [2.75, 3.05) is 0 Å². The SMILES string of the molecule is CCC1CCC(N)C(S(=O)(=O)c2cc(F)ccc2F)C1. The molecule has 0 aromatic heterocycles. The first-order valence-electron chi connectivity index (χ1n) is 6.80. The fourth-order valence-electron chi connectivity index (χ4n) is 2.82. The molecule has 0 amide bonds. The predicted molar refractivity (Wildman–Crippen MR) is 72.9 cm³/mol. The lowest BCUT2D eigenvalue weighted by atomic mass is 9.84. The van der Waals surface area contributed by atoms with E-state index in [-0.39, 0.29) is 5.92 Å². The lowest BCUT2D eigenvalue weighted by molar-refractivity contribution is 0.318. The molecular formula is C14H19F2NO2S. The summed E-state index contributed by atoms with van der Waals surface area (Å²) in [6.45, 7) is 1.99. The molecule has 0 spiro atoms. The molecule has 3 nitrogen and oxygen atoms in total.